The van der Waals surface area contributed by atoms with E-state index >= 15 is 0 Å². The van der Waals surface area contributed by atoms with Gasteiger partial charge in [-0.15, -0.1) is 0 Å². The van der Waals surface area contributed by atoms with E-state index in [0.717, 1.165) is 11.8 Å². The van der Waals surface area contributed by atoms with Crippen molar-refractivity contribution in [2.75, 3.05) is 25.9 Å². The lowest BCUT2D eigenvalue weighted by atomic mass is 10.1. The highest BCUT2D eigenvalue weighted by Crippen LogP contribution is 2.21. The number of nitrogens with one attached hydrogen (secondary N) is 1. The third kappa shape index (κ3) is 6.52. The van der Waals surface area contributed by atoms with Crippen molar-refractivity contribution in [2.45, 2.75) is 19.8 Å². The van der Waals surface area contributed by atoms with Gasteiger partial charge in [-0.3, -0.25) is 4.79 Å². The number of hydrogen-bond donors (Lipinski definition) is 1. The van der Waals surface area contributed by atoms with Gasteiger partial charge in [0.1, 0.15) is 0 Å². The molecular formula is C14H20Cl2N2O3S. The smallest absolute Gasteiger partial charge is 0.219 e. The van der Waals surface area contributed by atoms with Gasteiger partial charge in [-0.1, -0.05) is 36.2 Å². The minimum Gasteiger partial charge on any atom is -0.355 e. The summed E-state index contributed by atoms with van der Waals surface area (Å²) in [5, 5.41) is 3.72. The lowest BCUT2D eigenvalue weighted by Gasteiger charge is -2.20. The Morgan fingerprint density at radius 3 is 2.50 bits per heavy atom. The summed E-state index contributed by atoms with van der Waals surface area (Å²) >= 11 is 11.9. The van der Waals surface area contributed by atoms with E-state index in [2.05, 4.69) is 5.32 Å². The highest BCUT2D eigenvalue weighted by atomic mass is 35.5. The summed E-state index contributed by atoms with van der Waals surface area (Å²) in [6.45, 7) is 2.55. The normalized spacial score (nSPS) is 11.7. The molecule has 0 bridgehead atoms. The maximum atomic E-state index is 11.8. The molecule has 1 aromatic rings. The minimum atomic E-state index is -3.35. The monoisotopic (exact) mass is 366 g/mol. The first kappa shape index (κ1) is 19.2. The molecule has 0 saturated carbocycles. The van der Waals surface area contributed by atoms with Crippen LogP contribution in [0.25, 0.3) is 0 Å². The lowest BCUT2D eigenvalue weighted by molar-refractivity contribution is -0.120. The molecule has 0 aromatic heterocycles. The number of nitrogens with zero attached hydrogens (tertiary/aromatic N) is 1. The SMILES string of the molecule is CCC(=O)NCCN(CCc1ccc(Cl)cc1Cl)S(C)(=O)=O. The molecule has 0 fully saturated rings. The summed E-state index contributed by atoms with van der Waals surface area (Å²) in [4.78, 5) is 11.2. The van der Waals surface area contributed by atoms with Crippen LogP contribution in [0.15, 0.2) is 18.2 Å². The number of benzene rings is 1. The third-order valence-electron chi connectivity index (χ3n) is 3.12. The maximum Gasteiger partial charge on any atom is 0.219 e. The van der Waals surface area contributed by atoms with E-state index in [0.29, 0.717) is 29.4 Å². The molecule has 0 aliphatic heterocycles. The van der Waals surface area contributed by atoms with E-state index in [1.165, 1.54) is 4.31 Å². The zero-order valence-corrected chi connectivity index (χ0v) is 14.9. The van der Waals surface area contributed by atoms with Crippen molar-refractivity contribution in [1.82, 2.24) is 9.62 Å². The standard InChI is InChI=1S/C14H20Cl2N2O3S/c1-3-14(19)17-7-9-18(22(2,20)21)8-6-11-4-5-12(15)10-13(11)16/h4-5,10H,3,6-9H2,1-2H3,(H,17,19). The first-order valence-corrected chi connectivity index (χ1v) is 9.50. The van der Waals surface area contributed by atoms with Crippen molar-refractivity contribution < 1.29 is 13.2 Å². The fourth-order valence-electron chi connectivity index (χ4n) is 1.86. The number of sulfonamides is 1. The molecule has 1 aromatic carbocycles. The van der Waals surface area contributed by atoms with Crippen LogP contribution in [0.2, 0.25) is 10.0 Å². The number of rotatable bonds is 8. The van der Waals surface area contributed by atoms with E-state index in [-0.39, 0.29) is 19.0 Å². The van der Waals surface area contributed by atoms with E-state index in [4.69, 9.17) is 23.2 Å². The van der Waals surface area contributed by atoms with Crippen LogP contribution >= 0.6 is 23.2 Å². The molecule has 0 aliphatic carbocycles. The van der Waals surface area contributed by atoms with Crippen molar-refractivity contribution >= 4 is 39.1 Å². The lowest BCUT2D eigenvalue weighted by Crippen LogP contribution is -2.39. The highest BCUT2D eigenvalue weighted by molar-refractivity contribution is 7.88. The Morgan fingerprint density at radius 2 is 1.95 bits per heavy atom. The van der Waals surface area contributed by atoms with Crippen LogP contribution in [-0.4, -0.2) is 44.5 Å². The molecule has 124 valence electrons. The van der Waals surface area contributed by atoms with Crippen molar-refractivity contribution in [3.05, 3.63) is 33.8 Å². The van der Waals surface area contributed by atoms with E-state index in [1.807, 2.05) is 0 Å². The molecule has 0 saturated heterocycles. The average Bonchev–Trinajstić information content (AvgIpc) is 2.42. The van der Waals surface area contributed by atoms with E-state index < -0.39 is 10.0 Å². The van der Waals surface area contributed by atoms with Crippen LogP contribution in [0.5, 0.6) is 0 Å². The van der Waals surface area contributed by atoms with Gasteiger partial charge >= 0.3 is 0 Å². The van der Waals surface area contributed by atoms with Crippen LogP contribution in [0.1, 0.15) is 18.9 Å². The second-order valence-corrected chi connectivity index (χ2v) is 7.68. The Kier molecular flexibility index (Phi) is 7.62. The quantitative estimate of drug-likeness (QED) is 0.767. The molecule has 0 unspecified atom stereocenters. The van der Waals surface area contributed by atoms with E-state index in [1.54, 1.807) is 25.1 Å². The van der Waals surface area contributed by atoms with Gasteiger partial charge in [0.2, 0.25) is 15.9 Å². The Morgan fingerprint density at radius 1 is 1.27 bits per heavy atom. The van der Waals surface area contributed by atoms with Gasteiger partial charge in [0.05, 0.1) is 6.26 Å². The zero-order chi connectivity index (χ0) is 16.8. The third-order valence-corrected chi connectivity index (χ3v) is 5.01. The van der Waals surface area contributed by atoms with Crippen molar-refractivity contribution in [3.63, 3.8) is 0 Å². The average molecular weight is 367 g/mol. The predicted octanol–water partition coefficient (Wildman–Crippen LogP) is 2.32. The van der Waals surface area contributed by atoms with Crippen molar-refractivity contribution in [1.29, 1.82) is 0 Å². The van der Waals surface area contributed by atoms with Gasteiger partial charge in [-0.2, -0.15) is 0 Å². The largest absolute Gasteiger partial charge is 0.355 e. The second-order valence-electron chi connectivity index (χ2n) is 4.85. The van der Waals surface area contributed by atoms with E-state index in [9.17, 15) is 13.2 Å². The van der Waals surface area contributed by atoms with Crippen molar-refractivity contribution in [3.8, 4) is 0 Å². The van der Waals surface area contributed by atoms with Gasteiger partial charge in [0.25, 0.3) is 0 Å². The van der Waals surface area contributed by atoms with Crippen LogP contribution in [0.4, 0.5) is 0 Å². The van der Waals surface area contributed by atoms with Crippen LogP contribution in [0, 0.1) is 0 Å². The molecule has 0 aliphatic rings. The van der Waals surface area contributed by atoms with Gasteiger partial charge in [0.15, 0.2) is 0 Å². The highest BCUT2D eigenvalue weighted by Gasteiger charge is 2.17. The van der Waals surface area contributed by atoms with Gasteiger partial charge in [0, 0.05) is 36.1 Å². The molecule has 0 spiro atoms. The van der Waals surface area contributed by atoms with Crippen molar-refractivity contribution in [2.24, 2.45) is 0 Å². The van der Waals surface area contributed by atoms with Gasteiger partial charge < -0.3 is 5.32 Å². The fourth-order valence-corrected chi connectivity index (χ4v) is 3.21. The summed E-state index contributed by atoms with van der Waals surface area (Å²) in [5.74, 6) is -0.103. The first-order valence-electron chi connectivity index (χ1n) is 6.89. The Labute approximate surface area is 141 Å². The van der Waals surface area contributed by atoms with Gasteiger partial charge in [-0.05, 0) is 24.1 Å². The summed E-state index contributed by atoms with van der Waals surface area (Å²) in [5.41, 5.74) is 0.831. The topological polar surface area (TPSA) is 66.5 Å². The van der Waals surface area contributed by atoms with Crippen LogP contribution < -0.4 is 5.32 Å². The minimum absolute atomic E-state index is 0.103. The maximum absolute atomic E-state index is 11.8. The molecule has 5 nitrogen and oxygen atoms in total. The molecule has 0 heterocycles. The molecule has 8 heteroatoms. The summed E-state index contributed by atoms with van der Waals surface area (Å²) in [7, 11) is -3.35. The van der Waals surface area contributed by atoms with Gasteiger partial charge in [-0.25, -0.2) is 12.7 Å². The Balaban J connectivity index is 2.64. The molecule has 1 N–H and O–H groups in total. The second kappa shape index (κ2) is 8.72. The molecular weight excluding hydrogens is 347 g/mol. The molecule has 1 rings (SSSR count). The summed E-state index contributed by atoms with van der Waals surface area (Å²) in [6.07, 6.45) is 2.00. The number of carbonyl (C=O) groups is 1. The first-order chi connectivity index (χ1) is 10.2. The molecule has 22 heavy (non-hydrogen) atoms. The number of halogens is 2. The number of amides is 1. The number of hydrogen-bond acceptors (Lipinski definition) is 3. The number of carbonyl (C=O) groups excluding carboxylic acids is 1. The van der Waals surface area contributed by atoms with Crippen LogP contribution in [-0.2, 0) is 21.2 Å². The molecule has 0 radical (unpaired) electrons. The summed E-state index contributed by atoms with van der Waals surface area (Å²) in [6, 6.07) is 5.13. The Hall–Kier alpha value is -0.820. The van der Waals surface area contributed by atoms with Crippen LogP contribution in [0.3, 0.4) is 0 Å². The fraction of sp³-hybridized carbons (Fsp3) is 0.500. The molecule has 1 amide bonds. The zero-order valence-electron chi connectivity index (χ0n) is 12.6. The summed E-state index contributed by atoms with van der Waals surface area (Å²) < 4.78 is 24.9. The Bertz CT molecular complexity index is 621. The molecule has 0 atom stereocenters. The predicted molar refractivity (Wildman–Crippen MR) is 89.9 cm³/mol.